The third kappa shape index (κ3) is 3.28. The third-order valence-corrected chi connectivity index (χ3v) is 4.79. The molecule has 2 fully saturated rings. The Morgan fingerprint density at radius 3 is 2.47 bits per heavy atom. The molecule has 108 valence electrons. The Morgan fingerprint density at radius 1 is 1.26 bits per heavy atom. The van der Waals surface area contributed by atoms with E-state index in [0.29, 0.717) is 12.3 Å². The fourth-order valence-corrected chi connectivity index (χ4v) is 3.73. The molecular weight excluding hydrogens is 242 g/mol. The van der Waals surface area contributed by atoms with Crippen LogP contribution in [0.3, 0.4) is 0 Å². The molecule has 2 aliphatic carbocycles. The Morgan fingerprint density at radius 2 is 2.00 bits per heavy atom. The molecule has 2 aliphatic rings. The zero-order valence-electron chi connectivity index (χ0n) is 12.2. The van der Waals surface area contributed by atoms with Gasteiger partial charge in [-0.05, 0) is 50.9 Å². The van der Waals surface area contributed by atoms with Crippen molar-refractivity contribution in [2.24, 2.45) is 17.8 Å². The summed E-state index contributed by atoms with van der Waals surface area (Å²) in [5.74, 6) is 1.93. The molecule has 0 heterocycles. The van der Waals surface area contributed by atoms with Crippen LogP contribution < -0.4 is 0 Å². The average Bonchev–Trinajstić information content (AvgIpc) is 2.97. The highest BCUT2D eigenvalue weighted by atomic mass is 16.5. The summed E-state index contributed by atoms with van der Waals surface area (Å²) in [6, 6.07) is 0.0465. The van der Waals surface area contributed by atoms with Crippen LogP contribution in [0.25, 0.3) is 0 Å². The molecule has 0 saturated heterocycles. The van der Waals surface area contributed by atoms with Crippen LogP contribution in [0.15, 0.2) is 0 Å². The van der Waals surface area contributed by atoms with Crippen molar-refractivity contribution in [1.82, 2.24) is 4.90 Å². The second-order valence-electron chi connectivity index (χ2n) is 6.33. The largest absolute Gasteiger partial charge is 0.468 e. The van der Waals surface area contributed by atoms with Gasteiger partial charge in [-0.15, -0.1) is 0 Å². The van der Waals surface area contributed by atoms with Crippen molar-refractivity contribution in [2.75, 3.05) is 13.7 Å². The van der Waals surface area contributed by atoms with Crippen LogP contribution in [0.2, 0.25) is 0 Å². The molecule has 4 nitrogen and oxygen atoms in total. The lowest BCUT2D eigenvalue weighted by Gasteiger charge is -2.29. The quantitative estimate of drug-likeness (QED) is 0.718. The first-order chi connectivity index (χ1) is 9.01. The van der Waals surface area contributed by atoms with Crippen LogP contribution in [-0.2, 0) is 14.3 Å². The maximum Gasteiger partial charge on any atom is 0.325 e. The highest BCUT2D eigenvalue weighted by Gasteiger charge is 2.40. The zero-order chi connectivity index (χ0) is 14.0. The Labute approximate surface area is 115 Å². The van der Waals surface area contributed by atoms with Gasteiger partial charge in [-0.25, -0.2) is 0 Å². The standard InChI is InChI=1S/C15H25NO3/c1-10(2)16(9-15(18)19-3)14(17)8-13-7-11-4-5-12(13)6-11/h10-13H,4-9H2,1-3H3. The van der Waals surface area contributed by atoms with Gasteiger partial charge in [0.25, 0.3) is 0 Å². The van der Waals surface area contributed by atoms with Gasteiger partial charge in [0.1, 0.15) is 6.54 Å². The Balaban J connectivity index is 1.90. The number of hydrogen-bond donors (Lipinski definition) is 0. The summed E-state index contributed by atoms with van der Waals surface area (Å²) in [4.78, 5) is 25.4. The predicted molar refractivity (Wildman–Crippen MR) is 72.4 cm³/mol. The fourth-order valence-electron chi connectivity index (χ4n) is 3.73. The first-order valence-electron chi connectivity index (χ1n) is 7.37. The number of hydrogen-bond acceptors (Lipinski definition) is 3. The van der Waals surface area contributed by atoms with Gasteiger partial charge in [-0.1, -0.05) is 6.42 Å². The first kappa shape index (κ1) is 14.4. The third-order valence-electron chi connectivity index (χ3n) is 4.79. The number of carbonyl (C=O) groups is 2. The molecule has 0 N–H and O–H groups in total. The summed E-state index contributed by atoms with van der Waals surface area (Å²) < 4.78 is 4.67. The summed E-state index contributed by atoms with van der Waals surface area (Å²) in [7, 11) is 1.36. The van der Waals surface area contributed by atoms with Crippen molar-refractivity contribution in [3.05, 3.63) is 0 Å². The van der Waals surface area contributed by atoms with Gasteiger partial charge < -0.3 is 9.64 Å². The Kier molecular flexibility index (Phi) is 4.48. The van der Waals surface area contributed by atoms with Crippen molar-refractivity contribution in [2.45, 2.75) is 52.0 Å². The van der Waals surface area contributed by atoms with Gasteiger partial charge in [-0.3, -0.25) is 9.59 Å². The van der Waals surface area contributed by atoms with Crippen molar-refractivity contribution >= 4 is 11.9 Å². The number of methoxy groups -OCH3 is 1. The van der Waals surface area contributed by atoms with Crippen molar-refractivity contribution in [3.63, 3.8) is 0 Å². The van der Waals surface area contributed by atoms with Crippen LogP contribution >= 0.6 is 0 Å². The minimum absolute atomic E-state index is 0.0465. The lowest BCUT2D eigenvalue weighted by molar-refractivity contribution is -0.148. The average molecular weight is 267 g/mol. The number of carbonyl (C=O) groups excluding carboxylic acids is 2. The molecular formula is C15H25NO3. The van der Waals surface area contributed by atoms with E-state index in [-0.39, 0.29) is 24.5 Å². The van der Waals surface area contributed by atoms with E-state index in [1.54, 1.807) is 4.90 Å². The van der Waals surface area contributed by atoms with Gasteiger partial charge in [0.05, 0.1) is 7.11 Å². The van der Waals surface area contributed by atoms with Gasteiger partial charge >= 0.3 is 5.97 Å². The monoisotopic (exact) mass is 267 g/mol. The van der Waals surface area contributed by atoms with Crippen LogP contribution in [0, 0.1) is 17.8 Å². The molecule has 0 aromatic rings. The van der Waals surface area contributed by atoms with Crippen molar-refractivity contribution in [1.29, 1.82) is 0 Å². The fraction of sp³-hybridized carbons (Fsp3) is 0.867. The molecule has 0 aromatic heterocycles. The molecule has 0 aliphatic heterocycles. The van der Waals surface area contributed by atoms with E-state index >= 15 is 0 Å². The minimum Gasteiger partial charge on any atom is -0.468 e. The second kappa shape index (κ2) is 5.93. The lowest BCUT2D eigenvalue weighted by Crippen LogP contribution is -2.42. The summed E-state index contributed by atoms with van der Waals surface area (Å²) in [6.45, 7) is 3.97. The maximum absolute atomic E-state index is 12.4. The smallest absolute Gasteiger partial charge is 0.325 e. The van der Waals surface area contributed by atoms with E-state index in [9.17, 15) is 9.59 Å². The molecule has 0 aromatic carbocycles. The van der Waals surface area contributed by atoms with Crippen molar-refractivity contribution in [3.8, 4) is 0 Å². The topological polar surface area (TPSA) is 46.6 Å². The highest BCUT2D eigenvalue weighted by molar-refractivity contribution is 5.82. The van der Waals surface area contributed by atoms with E-state index in [2.05, 4.69) is 4.74 Å². The number of ether oxygens (including phenoxy) is 1. The summed E-state index contributed by atoms with van der Waals surface area (Å²) in [5.41, 5.74) is 0. The summed E-state index contributed by atoms with van der Waals surface area (Å²) in [5, 5.41) is 0. The van der Waals surface area contributed by atoms with Gasteiger partial charge in [0, 0.05) is 12.5 Å². The molecule has 19 heavy (non-hydrogen) atoms. The van der Waals surface area contributed by atoms with Crippen LogP contribution in [0.5, 0.6) is 0 Å². The minimum atomic E-state index is -0.338. The molecule has 2 bridgehead atoms. The molecule has 4 heteroatoms. The first-order valence-corrected chi connectivity index (χ1v) is 7.37. The lowest BCUT2D eigenvalue weighted by atomic mass is 9.86. The molecule has 2 rings (SSSR count). The Hall–Kier alpha value is -1.06. The number of fused-ring (bicyclic) bond motifs is 2. The number of rotatable bonds is 5. The number of esters is 1. The molecule has 2 saturated carbocycles. The highest BCUT2D eigenvalue weighted by Crippen LogP contribution is 2.49. The van der Waals surface area contributed by atoms with Crippen LogP contribution in [0.1, 0.15) is 46.0 Å². The predicted octanol–water partition coefficient (Wildman–Crippen LogP) is 2.22. The van der Waals surface area contributed by atoms with Crippen LogP contribution in [-0.4, -0.2) is 36.5 Å². The SMILES string of the molecule is COC(=O)CN(C(=O)CC1CC2CCC1C2)C(C)C. The van der Waals surface area contributed by atoms with Crippen molar-refractivity contribution < 1.29 is 14.3 Å². The maximum atomic E-state index is 12.4. The van der Waals surface area contributed by atoms with Gasteiger partial charge in [0.2, 0.25) is 5.91 Å². The zero-order valence-corrected chi connectivity index (χ0v) is 12.2. The Bertz CT molecular complexity index is 353. The summed E-state index contributed by atoms with van der Waals surface area (Å²) >= 11 is 0. The number of nitrogens with zero attached hydrogens (tertiary/aromatic N) is 1. The second-order valence-corrected chi connectivity index (χ2v) is 6.33. The van der Waals surface area contributed by atoms with E-state index < -0.39 is 0 Å². The van der Waals surface area contributed by atoms with Gasteiger partial charge in [-0.2, -0.15) is 0 Å². The molecule has 0 spiro atoms. The van der Waals surface area contributed by atoms with Crippen LogP contribution in [0.4, 0.5) is 0 Å². The molecule has 3 unspecified atom stereocenters. The van der Waals surface area contributed by atoms with E-state index in [0.717, 1.165) is 11.8 Å². The summed E-state index contributed by atoms with van der Waals surface area (Å²) in [6.07, 6.45) is 5.78. The van der Waals surface area contributed by atoms with E-state index in [1.807, 2.05) is 13.8 Å². The van der Waals surface area contributed by atoms with Gasteiger partial charge in [0.15, 0.2) is 0 Å². The van der Waals surface area contributed by atoms with E-state index in [1.165, 1.54) is 32.8 Å². The molecule has 3 atom stereocenters. The molecule has 1 amide bonds. The van der Waals surface area contributed by atoms with E-state index in [4.69, 9.17) is 0 Å². The number of amides is 1. The molecule has 0 radical (unpaired) electrons. The normalized spacial score (nSPS) is 28.7.